The van der Waals surface area contributed by atoms with E-state index in [9.17, 15) is 37.0 Å². The summed E-state index contributed by atoms with van der Waals surface area (Å²) in [5.74, 6) is 0. The van der Waals surface area contributed by atoms with E-state index in [0.29, 0.717) is 0 Å². The van der Waals surface area contributed by atoms with E-state index in [-0.39, 0.29) is 18.4 Å². The monoisotopic (exact) mass is 500 g/mol. The number of hydrogen-bond acceptors (Lipinski definition) is 8. The van der Waals surface area contributed by atoms with Crippen molar-refractivity contribution in [3.8, 4) is 0 Å². The lowest BCUT2D eigenvalue weighted by atomic mass is 10.2. The Hall–Kier alpha value is -1.05. The van der Waals surface area contributed by atoms with Gasteiger partial charge in [-0.05, 0) is 19.8 Å². The second-order valence-corrected chi connectivity index (χ2v) is 11.2. The molecule has 0 spiro atoms. The summed E-state index contributed by atoms with van der Waals surface area (Å²) in [6.07, 6.45) is -2.94. The predicted octanol–water partition coefficient (Wildman–Crippen LogP) is 0.917. The van der Waals surface area contributed by atoms with Crippen LogP contribution in [0, 0.1) is 6.92 Å². The maximum absolute atomic E-state index is 14.2. The van der Waals surface area contributed by atoms with Gasteiger partial charge in [0.25, 0.3) is 5.56 Å². The molecule has 19 heteroatoms. The Morgan fingerprint density at radius 3 is 2.37 bits per heavy atom. The first kappa shape index (κ1) is 25.2. The summed E-state index contributed by atoms with van der Waals surface area (Å²) in [6, 6.07) is 0. The minimum absolute atomic E-state index is 0.0164. The molecule has 1 aliphatic rings. The Morgan fingerprint density at radius 2 is 1.80 bits per heavy atom. The third-order valence-corrected chi connectivity index (χ3v) is 8.25. The number of H-pyrrole nitrogens is 1. The van der Waals surface area contributed by atoms with Gasteiger partial charge < -0.3 is 24.3 Å². The van der Waals surface area contributed by atoms with E-state index in [0.717, 1.165) is 10.8 Å². The Bertz CT molecular complexity index is 1060. The number of ether oxygens (including phenoxy) is 1. The van der Waals surface area contributed by atoms with Gasteiger partial charge in [0.2, 0.25) is 0 Å². The van der Waals surface area contributed by atoms with E-state index in [4.69, 9.17) is 19.4 Å². The molecule has 0 amide bonds. The van der Waals surface area contributed by atoms with Crippen LogP contribution in [0.4, 0.5) is 8.78 Å². The van der Waals surface area contributed by atoms with Crippen LogP contribution in [0.3, 0.4) is 0 Å². The van der Waals surface area contributed by atoms with Gasteiger partial charge >= 0.3 is 34.6 Å². The van der Waals surface area contributed by atoms with Crippen molar-refractivity contribution in [3.05, 3.63) is 32.6 Å². The van der Waals surface area contributed by atoms with Crippen LogP contribution in [-0.4, -0.2) is 40.9 Å². The zero-order valence-corrected chi connectivity index (χ0v) is 17.6. The van der Waals surface area contributed by atoms with Crippen LogP contribution in [0.25, 0.3) is 0 Å². The van der Waals surface area contributed by atoms with Crippen LogP contribution in [0.2, 0.25) is 0 Å². The van der Waals surface area contributed by atoms with Gasteiger partial charge in [-0.2, -0.15) is 13.1 Å². The predicted molar refractivity (Wildman–Crippen MR) is 92.6 cm³/mol. The van der Waals surface area contributed by atoms with E-state index in [1.54, 1.807) is 0 Å². The molecule has 0 aromatic carbocycles. The molecule has 1 aromatic heterocycles. The number of nitrogens with zero attached hydrogens (tertiary/aromatic N) is 1. The van der Waals surface area contributed by atoms with Gasteiger partial charge in [-0.25, -0.2) is 18.2 Å². The van der Waals surface area contributed by atoms with Gasteiger partial charge in [-0.3, -0.25) is 18.9 Å². The summed E-state index contributed by atoms with van der Waals surface area (Å²) < 4.78 is 75.0. The van der Waals surface area contributed by atoms with Crippen LogP contribution in [0.15, 0.2) is 15.8 Å². The minimum Gasteiger partial charge on any atom is -0.354 e. The summed E-state index contributed by atoms with van der Waals surface area (Å²) >= 11 is 0. The number of halogens is 2. The SMILES string of the molecule is Cc1cn([C@H]2CC[C@@H](CC(F)(F)P(=O)(O)OP(=O)(O)OP(=O)(O)O)O2)c(=O)[nH]c1=O. The van der Waals surface area contributed by atoms with Gasteiger partial charge in [0.05, 0.1) is 6.10 Å². The molecule has 2 heterocycles. The number of rotatable bonds is 8. The Kier molecular flexibility index (Phi) is 7.12. The third-order valence-electron chi connectivity index (χ3n) is 3.85. The number of aryl methyl sites for hydroxylation is 1. The van der Waals surface area contributed by atoms with Gasteiger partial charge in [0, 0.05) is 18.2 Å². The molecule has 5 N–H and O–H groups in total. The normalized spacial score (nSPS) is 24.4. The van der Waals surface area contributed by atoms with E-state index in [1.165, 1.54) is 6.92 Å². The van der Waals surface area contributed by atoms with Crippen molar-refractivity contribution in [2.45, 2.75) is 44.2 Å². The Balaban J connectivity index is 2.12. The lowest BCUT2D eigenvalue weighted by Crippen LogP contribution is -2.33. The summed E-state index contributed by atoms with van der Waals surface area (Å²) in [5.41, 5.74) is -6.06. The lowest BCUT2D eigenvalue weighted by Gasteiger charge is -2.25. The number of hydrogen-bond donors (Lipinski definition) is 5. The first-order valence-corrected chi connectivity index (χ1v) is 12.5. The standard InChI is InChI=1S/C11H17F2N2O12P3/c1-6-5-15(10(17)14-9(6)16)8-3-2-7(25-8)4-11(12,13)28(18,19)26-30(23,24)27-29(20,21)22/h5,7-8H,2-4H2,1H3,(H,18,19)(H,23,24)(H,14,16,17)(H2,20,21,22)/t7-,8+/m0/s1. The molecule has 1 aromatic rings. The summed E-state index contributed by atoms with van der Waals surface area (Å²) in [6.45, 7) is 1.39. The summed E-state index contributed by atoms with van der Waals surface area (Å²) in [7, 11) is -18.0. The van der Waals surface area contributed by atoms with Crippen molar-refractivity contribution in [1.82, 2.24) is 9.55 Å². The maximum Gasteiger partial charge on any atom is 0.488 e. The molecule has 30 heavy (non-hydrogen) atoms. The molecule has 0 radical (unpaired) electrons. The number of aromatic amines is 1. The maximum atomic E-state index is 14.2. The van der Waals surface area contributed by atoms with Crippen LogP contribution in [0.1, 0.15) is 31.1 Å². The molecule has 2 rings (SSSR count). The number of alkyl halides is 2. The van der Waals surface area contributed by atoms with E-state index in [1.807, 2.05) is 4.98 Å². The molecule has 1 aliphatic heterocycles. The van der Waals surface area contributed by atoms with Crippen molar-refractivity contribution in [3.63, 3.8) is 0 Å². The first-order chi connectivity index (χ1) is 13.4. The van der Waals surface area contributed by atoms with Crippen molar-refractivity contribution in [2.24, 2.45) is 0 Å². The molecule has 0 bridgehead atoms. The fourth-order valence-corrected chi connectivity index (χ4v) is 6.07. The van der Waals surface area contributed by atoms with Crippen LogP contribution < -0.4 is 11.2 Å². The van der Waals surface area contributed by atoms with E-state index >= 15 is 0 Å². The van der Waals surface area contributed by atoms with Crippen LogP contribution in [-0.2, 0) is 27.1 Å². The minimum atomic E-state index is -6.28. The zero-order chi connectivity index (χ0) is 23.1. The van der Waals surface area contributed by atoms with E-state index < -0.39 is 58.9 Å². The van der Waals surface area contributed by atoms with Crippen molar-refractivity contribution >= 4 is 23.2 Å². The summed E-state index contributed by atoms with van der Waals surface area (Å²) in [5, 5.41) is 0. The molecule has 0 saturated carbocycles. The van der Waals surface area contributed by atoms with Crippen molar-refractivity contribution in [2.75, 3.05) is 0 Å². The second-order valence-electron chi connectivity index (χ2n) is 6.28. The first-order valence-electron chi connectivity index (χ1n) is 7.92. The quantitative estimate of drug-likeness (QED) is 0.315. The van der Waals surface area contributed by atoms with Gasteiger partial charge in [0.1, 0.15) is 6.23 Å². The lowest BCUT2D eigenvalue weighted by molar-refractivity contribution is -0.0485. The van der Waals surface area contributed by atoms with Crippen LogP contribution >= 0.6 is 23.2 Å². The fourth-order valence-electron chi connectivity index (χ4n) is 2.58. The van der Waals surface area contributed by atoms with Crippen LogP contribution in [0.5, 0.6) is 0 Å². The third kappa shape index (κ3) is 6.24. The smallest absolute Gasteiger partial charge is 0.354 e. The molecule has 1 fully saturated rings. The molecular formula is C11H17F2N2O12P3. The molecule has 0 aliphatic carbocycles. The molecule has 2 unspecified atom stereocenters. The second kappa shape index (κ2) is 8.47. The van der Waals surface area contributed by atoms with E-state index in [2.05, 4.69) is 8.62 Å². The molecule has 172 valence electrons. The molecule has 1 saturated heterocycles. The van der Waals surface area contributed by atoms with Crippen molar-refractivity contribution in [1.29, 1.82) is 0 Å². The average Bonchev–Trinajstić information content (AvgIpc) is 2.94. The largest absolute Gasteiger partial charge is 0.488 e. The Labute approximate surface area is 165 Å². The highest BCUT2D eigenvalue weighted by Gasteiger charge is 2.57. The number of nitrogens with one attached hydrogen (secondary N) is 1. The molecule has 4 atom stereocenters. The number of aromatic nitrogens is 2. The van der Waals surface area contributed by atoms with Gasteiger partial charge in [-0.15, -0.1) is 0 Å². The van der Waals surface area contributed by atoms with Gasteiger partial charge in [-0.1, -0.05) is 0 Å². The molecule has 14 nitrogen and oxygen atoms in total. The highest BCUT2D eigenvalue weighted by atomic mass is 31.3. The highest BCUT2D eigenvalue weighted by molar-refractivity contribution is 7.68. The number of phosphoric acid groups is 2. The fraction of sp³-hybridized carbons (Fsp3) is 0.636. The van der Waals surface area contributed by atoms with Crippen molar-refractivity contribution < 1.29 is 55.4 Å². The average molecular weight is 500 g/mol. The Morgan fingerprint density at radius 1 is 1.20 bits per heavy atom. The summed E-state index contributed by atoms with van der Waals surface area (Å²) in [4.78, 5) is 60.5. The molecular weight excluding hydrogens is 483 g/mol. The van der Waals surface area contributed by atoms with Gasteiger partial charge in [0.15, 0.2) is 0 Å². The topological polar surface area (TPSA) is 215 Å². The zero-order valence-electron chi connectivity index (χ0n) is 15.0. The highest BCUT2D eigenvalue weighted by Crippen LogP contribution is 2.71.